The highest BCUT2D eigenvalue weighted by Crippen LogP contribution is 2.38. The number of carbonyl (C=O) groups is 1. The minimum absolute atomic E-state index is 0.214. The maximum atomic E-state index is 10.4. The number of aliphatic carboxylic acids is 1. The Bertz CT molecular complexity index is 363. The van der Waals surface area contributed by atoms with Crippen molar-refractivity contribution < 1.29 is 9.90 Å². The van der Waals surface area contributed by atoms with Gasteiger partial charge >= 0.3 is 5.97 Å². The summed E-state index contributed by atoms with van der Waals surface area (Å²) < 4.78 is 1.42. The molecule has 16 heavy (non-hydrogen) atoms. The highest BCUT2D eigenvalue weighted by Gasteiger charge is 2.16. The lowest BCUT2D eigenvalue weighted by molar-refractivity contribution is -0.137. The minimum Gasteiger partial charge on any atom is -0.481 e. The highest BCUT2D eigenvalue weighted by atomic mass is 35.5. The fraction of sp³-hybridized carbons (Fsp3) is 0.545. The molecule has 90 valence electrons. The van der Waals surface area contributed by atoms with E-state index in [1.807, 2.05) is 6.07 Å². The van der Waals surface area contributed by atoms with Crippen molar-refractivity contribution >= 4 is 40.5 Å². The van der Waals surface area contributed by atoms with Gasteiger partial charge in [0.05, 0.1) is 8.67 Å². The zero-order chi connectivity index (χ0) is 12.1. The molecular weight excluding hydrogens is 267 g/mol. The molecule has 0 radical (unpaired) electrons. The first-order valence-corrected chi connectivity index (χ1v) is 6.78. The SMILES string of the molecule is CCC(CCCC(=O)O)c1cc(Cl)sc1Cl. The van der Waals surface area contributed by atoms with Gasteiger partial charge in [0.15, 0.2) is 0 Å². The van der Waals surface area contributed by atoms with Crippen LogP contribution in [-0.2, 0) is 4.79 Å². The molecule has 0 aliphatic carbocycles. The van der Waals surface area contributed by atoms with Gasteiger partial charge < -0.3 is 5.11 Å². The Morgan fingerprint density at radius 2 is 2.25 bits per heavy atom. The van der Waals surface area contributed by atoms with E-state index in [2.05, 4.69) is 6.92 Å². The van der Waals surface area contributed by atoms with E-state index in [-0.39, 0.29) is 6.42 Å². The number of carboxylic acids is 1. The molecule has 1 unspecified atom stereocenters. The van der Waals surface area contributed by atoms with Crippen molar-refractivity contribution in [3.05, 3.63) is 20.3 Å². The summed E-state index contributed by atoms with van der Waals surface area (Å²) in [6.07, 6.45) is 2.69. The molecule has 1 rings (SSSR count). The number of thiophene rings is 1. The molecule has 2 nitrogen and oxygen atoms in total. The molecule has 1 aromatic rings. The molecule has 0 bridgehead atoms. The van der Waals surface area contributed by atoms with E-state index in [1.54, 1.807) is 0 Å². The number of halogens is 2. The predicted octanol–water partition coefficient (Wildman–Crippen LogP) is 4.80. The van der Waals surface area contributed by atoms with Crippen molar-refractivity contribution in [3.63, 3.8) is 0 Å². The lowest BCUT2D eigenvalue weighted by atomic mass is 9.93. The largest absolute Gasteiger partial charge is 0.481 e. The predicted molar refractivity (Wildman–Crippen MR) is 68.9 cm³/mol. The molecule has 1 aromatic heterocycles. The summed E-state index contributed by atoms with van der Waals surface area (Å²) in [5.74, 6) is -0.431. The van der Waals surface area contributed by atoms with E-state index in [0.29, 0.717) is 16.7 Å². The Morgan fingerprint density at radius 3 is 2.69 bits per heavy atom. The summed E-state index contributed by atoms with van der Waals surface area (Å²) in [7, 11) is 0. The Balaban J connectivity index is 2.60. The number of hydrogen-bond acceptors (Lipinski definition) is 2. The monoisotopic (exact) mass is 280 g/mol. The lowest BCUT2D eigenvalue weighted by Gasteiger charge is -2.13. The Morgan fingerprint density at radius 1 is 1.56 bits per heavy atom. The second-order valence-electron chi connectivity index (χ2n) is 3.67. The van der Waals surface area contributed by atoms with Gasteiger partial charge in [0, 0.05) is 6.42 Å². The molecule has 0 aliphatic rings. The highest BCUT2D eigenvalue weighted by molar-refractivity contribution is 7.20. The maximum absolute atomic E-state index is 10.4. The first-order chi connectivity index (χ1) is 7.54. The summed E-state index contributed by atoms with van der Waals surface area (Å²) in [6.45, 7) is 2.08. The standard InChI is InChI=1S/C11H14Cl2O2S/c1-2-7(4-3-5-10(14)15)8-6-9(12)16-11(8)13/h6-7H,2-5H2,1H3,(H,14,15). The fourth-order valence-corrected chi connectivity index (χ4v) is 3.34. The zero-order valence-electron chi connectivity index (χ0n) is 9.00. The second kappa shape index (κ2) is 6.48. The minimum atomic E-state index is -0.746. The van der Waals surface area contributed by atoms with E-state index in [9.17, 15) is 4.79 Å². The molecule has 1 N–H and O–H groups in total. The van der Waals surface area contributed by atoms with Crippen LogP contribution in [0.4, 0.5) is 0 Å². The van der Waals surface area contributed by atoms with E-state index in [0.717, 1.165) is 22.7 Å². The lowest BCUT2D eigenvalue weighted by Crippen LogP contribution is -2.00. The zero-order valence-corrected chi connectivity index (χ0v) is 11.3. The van der Waals surface area contributed by atoms with Gasteiger partial charge in [-0.2, -0.15) is 0 Å². The van der Waals surface area contributed by atoms with Crippen LogP contribution in [0.5, 0.6) is 0 Å². The van der Waals surface area contributed by atoms with Crippen molar-refractivity contribution in [2.24, 2.45) is 0 Å². The summed E-state index contributed by atoms with van der Waals surface area (Å²) >= 11 is 13.3. The van der Waals surface area contributed by atoms with Gasteiger partial charge in [0.25, 0.3) is 0 Å². The van der Waals surface area contributed by atoms with Crippen LogP contribution in [0.1, 0.15) is 44.1 Å². The van der Waals surface area contributed by atoms with Gasteiger partial charge in [-0.1, -0.05) is 30.1 Å². The summed E-state index contributed by atoms with van der Waals surface area (Å²) in [5.41, 5.74) is 1.06. The first kappa shape index (κ1) is 13.8. The molecular formula is C11H14Cl2O2S. The molecule has 0 aromatic carbocycles. The molecule has 0 saturated heterocycles. The van der Waals surface area contributed by atoms with Gasteiger partial charge in [0.2, 0.25) is 0 Å². The van der Waals surface area contributed by atoms with Gasteiger partial charge in [-0.15, -0.1) is 11.3 Å². The summed E-state index contributed by atoms with van der Waals surface area (Å²) in [4.78, 5) is 10.4. The molecule has 0 spiro atoms. The van der Waals surface area contributed by atoms with E-state index in [1.165, 1.54) is 11.3 Å². The van der Waals surface area contributed by atoms with Crippen LogP contribution < -0.4 is 0 Å². The summed E-state index contributed by atoms with van der Waals surface area (Å²) in [6, 6.07) is 1.89. The smallest absolute Gasteiger partial charge is 0.303 e. The average molecular weight is 281 g/mol. The van der Waals surface area contributed by atoms with Crippen molar-refractivity contribution in [1.82, 2.24) is 0 Å². The first-order valence-electron chi connectivity index (χ1n) is 5.21. The summed E-state index contributed by atoms with van der Waals surface area (Å²) in [5, 5.41) is 8.58. The van der Waals surface area contributed by atoms with Crippen LogP contribution >= 0.6 is 34.5 Å². The molecule has 0 saturated carbocycles. The van der Waals surface area contributed by atoms with Crippen LogP contribution in [0.25, 0.3) is 0 Å². The third kappa shape index (κ3) is 3.96. The maximum Gasteiger partial charge on any atom is 0.303 e. The van der Waals surface area contributed by atoms with Gasteiger partial charge in [-0.25, -0.2) is 0 Å². The van der Waals surface area contributed by atoms with E-state index in [4.69, 9.17) is 28.3 Å². The fourth-order valence-electron chi connectivity index (χ4n) is 1.71. The molecule has 0 fully saturated rings. The third-order valence-electron chi connectivity index (χ3n) is 2.56. The topological polar surface area (TPSA) is 37.3 Å². The van der Waals surface area contributed by atoms with E-state index >= 15 is 0 Å². The van der Waals surface area contributed by atoms with Crippen LogP contribution in [0.3, 0.4) is 0 Å². The van der Waals surface area contributed by atoms with Gasteiger partial charge in [-0.05, 0) is 36.8 Å². The molecule has 0 aliphatic heterocycles. The molecule has 0 amide bonds. The molecule has 1 atom stereocenters. The van der Waals surface area contributed by atoms with Crippen LogP contribution in [-0.4, -0.2) is 11.1 Å². The van der Waals surface area contributed by atoms with E-state index < -0.39 is 5.97 Å². The van der Waals surface area contributed by atoms with Crippen molar-refractivity contribution in [1.29, 1.82) is 0 Å². The number of carboxylic acid groups (broad SMARTS) is 1. The van der Waals surface area contributed by atoms with Crippen molar-refractivity contribution in [3.8, 4) is 0 Å². The quantitative estimate of drug-likeness (QED) is 0.812. The third-order valence-corrected chi connectivity index (χ3v) is 4.08. The number of rotatable bonds is 6. The number of hydrogen-bond donors (Lipinski definition) is 1. The Labute approximate surface area is 109 Å². The van der Waals surface area contributed by atoms with Crippen molar-refractivity contribution in [2.45, 2.75) is 38.5 Å². The van der Waals surface area contributed by atoms with Gasteiger partial charge in [0.1, 0.15) is 0 Å². The second-order valence-corrected chi connectivity index (χ2v) is 5.96. The normalized spacial score (nSPS) is 12.7. The van der Waals surface area contributed by atoms with Crippen LogP contribution in [0.15, 0.2) is 6.07 Å². The molecule has 1 heterocycles. The van der Waals surface area contributed by atoms with Crippen LogP contribution in [0, 0.1) is 0 Å². The van der Waals surface area contributed by atoms with Crippen LogP contribution in [0.2, 0.25) is 8.67 Å². The Hall–Kier alpha value is -0.250. The molecule has 5 heteroatoms. The average Bonchev–Trinajstić information content (AvgIpc) is 2.52. The Kier molecular flexibility index (Phi) is 5.59. The van der Waals surface area contributed by atoms with Gasteiger partial charge in [-0.3, -0.25) is 4.79 Å². The van der Waals surface area contributed by atoms with Crippen molar-refractivity contribution in [2.75, 3.05) is 0 Å².